The highest BCUT2D eigenvalue weighted by Gasteiger charge is 2.30. The lowest BCUT2D eigenvalue weighted by molar-refractivity contribution is -0.119. The highest BCUT2D eigenvalue weighted by atomic mass is 32.2. The van der Waals surface area contributed by atoms with Crippen LogP contribution in [0.15, 0.2) is 40.1 Å². The van der Waals surface area contributed by atoms with Crippen molar-refractivity contribution in [3.63, 3.8) is 0 Å². The molecule has 0 bridgehead atoms. The topological polar surface area (TPSA) is 77.4 Å². The third-order valence-corrected chi connectivity index (χ3v) is 6.01. The Morgan fingerprint density at radius 3 is 2.40 bits per heavy atom. The van der Waals surface area contributed by atoms with E-state index in [0.29, 0.717) is 17.9 Å². The normalized spacial score (nSPS) is 11.5. The van der Waals surface area contributed by atoms with E-state index in [0.717, 1.165) is 12.1 Å². The number of rotatable bonds is 7. The van der Waals surface area contributed by atoms with Crippen LogP contribution in [0.4, 0.5) is 5.82 Å². The first-order valence-electron chi connectivity index (χ1n) is 8.13. The lowest BCUT2D eigenvalue weighted by Gasteiger charge is -2.13. The van der Waals surface area contributed by atoms with Gasteiger partial charge in [0.05, 0.1) is 4.90 Å². The van der Waals surface area contributed by atoms with Crippen LogP contribution >= 0.6 is 0 Å². The smallest absolute Gasteiger partial charge is 0.251 e. The largest absolute Gasteiger partial charge is 0.375 e. The number of nitrogens with one attached hydrogen (secondary N) is 1. The number of hydrogen-bond donors (Lipinski definition) is 1. The van der Waals surface area contributed by atoms with Gasteiger partial charge in [-0.15, -0.1) is 0 Å². The zero-order valence-corrected chi connectivity index (χ0v) is 15.8. The van der Waals surface area contributed by atoms with Crippen molar-refractivity contribution in [1.82, 2.24) is 4.57 Å². The second kappa shape index (κ2) is 7.84. The van der Waals surface area contributed by atoms with Crippen LogP contribution in [-0.2, 0) is 25.9 Å². The molecular weight excluding hydrogens is 340 g/mol. The van der Waals surface area contributed by atoms with Crippen molar-refractivity contribution in [1.29, 1.82) is 0 Å². The van der Waals surface area contributed by atoms with Gasteiger partial charge in [0.1, 0.15) is 17.3 Å². The molecule has 2 aromatic rings. The van der Waals surface area contributed by atoms with E-state index in [1.807, 2.05) is 18.4 Å². The summed E-state index contributed by atoms with van der Waals surface area (Å²) in [5, 5.41) is 2.72. The number of aromatic nitrogens is 1. The van der Waals surface area contributed by atoms with Crippen LogP contribution in [0.3, 0.4) is 0 Å². The molecule has 136 valence electrons. The molecule has 0 fully saturated rings. The fraction of sp³-hybridized carbons (Fsp3) is 0.389. The van der Waals surface area contributed by atoms with E-state index in [-0.39, 0.29) is 22.3 Å². The molecule has 1 aromatic carbocycles. The molecule has 1 heterocycles. The lowest BCUT2D eigenvalue weighted by atomic mass is 10.3. The zero-order valence-electron chi connectivity index (χ0n) is 15.0. The Balaban J connectivity index is 2.68. The molecule has 1 aromatic heterocycles. The minimum absolute atomic E-state index is 0.139. The molecule has 0 aliphatic rings. The highest BCUT2D eigenvalue weighted by Crippen LogP contribution is 2.35. The van der Waals surface area contributed by atoms with Gasteiger partial charge in [-0.2, -0.15) is 0 Å². The van der Waals surface area contributed by atoms with Gasteiger partial charge in [-0.05, 0) is 38.0 Å². The van der Waals surface area contributed by atoms with Gasteiger partial charge in [0, 0.05) is 19.3 Å². The lowest BCUT2D eigenvalue weighted by Crippen LogP contribution is -2.21. The molecule has 0 aliphatic heterocycles. The van der Waals surface area contributed by atoms with E-state index in [9.17, 15) is 13.2 Å². The summed E-state index contributed by atoms with van der Waals surface area (Å²) in [6.45, 7) is 6.10. The third-order valence-electron chi connectivity index (χ3n) is 4.08. The Hall–Kier alpha value is -2.12. The summed E-state index contributed by atoms with van der Waals surface area (Å²) in [6, 6.07) is 8.24. The van der Waals surface area contributed by atoms with Gasteiger partial charge in [0.25, 0.3) is 5.91 Å². The molecule has 6 nitrogen and oxygen atoms in total. The molecule has 1 amide bonds. The number of carbonyl (C=O) groups excluding carboxylic acids is 1. The van der Waals surface area contributed by atoms with E-state index < -0.39 is 9.84 Å². The van der Waals surface area contributed by atoms with Crippen LogP contribution in [0.5, 0.6) is 0 Å². The van der Waals surface area contributed by atoms with E-state index in [2.05, 4.69) is 5.32 Å². The van der Waals surface area contributed by atoms with Crippen LogP contribution < -0.4 is 5.32 Å². The Morgan fingerprint density at radius 1 is 1.20 bits per heavy atom. The number of methoxy groups -OCH3 is 1. The maximum atomic E-state index is 13.2. The quantitative estimate of drug-likeness (QED) is 0.819. The summed E-state index contributed by atoms with van der Waals surface area (Å²) in [5.74, 6) is -0.0791. The summed E-state index contributed by atoms with van der Waals surface area (Å²) in [7, 11) is -2.34. The zero-order chi connectivity index (χ0) is 18.6. The van der Waals surface area contributed by atoms with Crippen LogP contribution in [-0.4, -0.2) is 32.6 Å². The molecule has 0 atom stereocenters. The average Bonchev–Trinajstić information content (AvgIpc) is 2.81. The molecule has 0 radical (unpaired) electrons. The first-order chi connectivity index (χ1) is 11.8. The SMILES string of the molecule is CCCn1c(C)c(C)c(S(=O)(=O)c2ccccc2)c1NC(=O)COC. The Morgan fingerprint density at radius 2 is 1.84 bits per heavy atom. The first kappa shape index (κ1) is 19.2. The summed E-state index contributed by atoms with van der Waals surface area (Å²) in [6.07, 6.45) is 0.812. The van der Waals surface area contributed by atoms with E-state index >= 15 is 0 Å². The first-order valence-corrected chi connectivity index (χ1v) is 9.61. The molecule has 0 saturated heterocycles. The molecule has 7 heteroatoms. The van der Waals surface area contributed by atoms with Gasteiger partial charge in [-0.1, -0.05) is 25.1 Å². The predicted octanol–water partition coefficient (Wildman–Crippen LogP) is 2.93. The Kier molecular flexibility index (Phi) is 6.02. The molecule has 25 heavy (non-hydrogen) atoms. The maximum Gasteiger partial charge on any atom is 0.251 e. The minimum Gasteiger partial charge on any atom is -0.375 e. The van der Waals surface area contributed by atoms with Crippen molar-refractivity contribution in [3.8, 4) is 0 Å². The second-order valence-corrected chi connectivity index (χ2v) is 7.72. The molecule has 0 spiro atoms. The van der Waals surface area contributed by atoms with Crippen molar-refractivity contribution in [2.45, 2.75) is 43.5 Å². The molecule has 2 rings (SSSR count). The van der Waals surface area contributed by atoms with Crippen molar-refractivity contribution < 1.29 is 17.9 Å². The highest BCUT2D eigenvalue weighted by molar-refractivity contribution is 7.91. The van der Waals surface area contributed by atoms with Crippen molar-refractivity contribution >= 4 is 21.6 Å². The number of sulfone groups is 1. The number of anilines is 1. The van der Waals surface area contributed by atoms with Gasteiger partial charge in [0.2, 0.25) is 9.84 Å². The van der Waals surface area contributed by atoms with Crippen molar-refractivity contribution in [3.05, 3.63) is 41.6 Å². The van der Waals surface area contributed by atoms with E-state index in [1.54, 1.807) is 37.3 Å². The minimum atomic E-state index is -3.76. The molecular formula is C18H24N2O4S. The van der Waals surface area contributed by atoms with E-state index in [1.165, 1.54) is 7.11 Å². The van der Waals surface area contributed by atoms with Crippen molar-refractivity contribution in [2.75, 3.05) is 19.0 Å². The fourth-order valence-electron chi connectivity index (χ4n) is 2.81. The fourth-order valence-corrected chi connectivity index (χ4v) is 4.53. The molecule has 1 N–H and O–H groups in total. The third kappa shape index (κ3) is 3.77. The molecule has 0 aliphatic carbocycles. The molecule has 0 unspecified atom stereocenters. The number of amides is 1. The Bertz CT molecular complexity index is 855. The van der Waals surface area contributed by atoms with Gasteiger partial charge in [-0.25, -0.2) is 8.42 Å². The standard InChI is InChI=1S/C18H24N2O4S/c1-5-11-20-14(3)13(2)17(18(20)19-16(21)12-24-4)25(22,23)15-9-7-6-8-10-15/h6-10H,5,11-12H2,1-4H3,(H,19,21). The van der Waals surface area contributed by atoms with Crippen LogP contribution in [0.1, 0.15) is 24.6 Å². The molecule has 0 saturated carbocycles. The summed E-state index contributed by atoms with van der Waals surface area (Å²) < 4.78 is 33.1. The number of carbonyl (C=O) groups is 1. The number of nitrogens with zero attached hydrogens (tertiary/aromatic N) is 1. The van der Waals surface area contributed by atoms with Gasteiger partial charge in [-0.3, -0.25) is 4.79 Å². The van der Waals surface area contributed by atoms with Crippen LogP contribution in [0.25, 0.3) is 0 Å². The van der Waals surface area contributed by atoms with Crippen LogP contribution in [0, 0.1) is 13.8 Å². The van der Waals surface area contributed by atoms with Gasteiger partial charge < -0.3 is 14.6 Å². The number of benzene rings is 1. The summed E-state index contributed by atoms with van der Waals surface area (Å²) >= 11 is 0. The predicted molar refractivity (Wildman–Crippen MR) is 96.6 cm³/mol. The average molecular weight is 364 g/mol. The Labute approximate surface area is 148 Å². The van der Waals surface area contributed by atoms with Crippen LogP contribution in [0.2, 0.25) is 0 Å². The van der Waals surface area contributed by atoms with E-state index in [4.69, 9.17) is 4.74 Å². The second-order valence-electron chi connectivity index (χ2n) is 5.84. The summed E-state index contributed by atoms with van der Waals surface area (Å²) in [5.41, 5.74) is 1.47. The summed E-state index contributed by atoms with van der Waals surface area (Å²) in [4.78, 5) is 12.4. The van der Waals surface area contributed by atoms with Crippen molar-refractivity contribution in [2.24, 2.45) is 0 Å². The maximum absolute atomic E-state index is 13.2. The monoisotopic (exact) mass is 364 g/mol. The number of ether oxygens (including phenoxy) is 1. The number of hydrogen-bond acceptors (Lipinski definition) is 4. The van der Waals surface area contributed by atoms with Gasteiger partial charge in [0.15, 0.2) is 0 Å². The van der Waals surface area contributed by atoms with Gasteiger partial charge >= 0.3 is 0 Å².